The van der Waals surface area contributed by atoms with Crippen LogP contribution in [0, 0.1) is 0 Å². The molecule has 4 N–H and O–H groups in total. The highest BCUT2D eigenvalue weighted by molar-refractivity contribution is 5.76. The zero-order chi connectivity index (χ0) is 38.7. The van der Waals surface area contributed by atoms with Crippen LogP contribution in [0.4, 0.5) is 0 Å². The van der Waals surface area contributed by atoms with Gasteiger partial charge in [-0.15, -0.1) is 0 Å². The molecule has 0 aromatic rings. The van der Waals surface area contributed by atoms with Crippen LogP contribution in [0.25, 0.3) is 0 Å². The summed E-state index contributed by atoms with van der Waals surface area (Å²) >= 11 is 0. The summed E-state index contributed by atoms with van der Waals surface area (Å²) in [6.45, 7) is 4.29. The maximum absolute atomic E-state index is 12.5. The predicted molar refractivity (Wildman–Crippen MR) is 232 cm³/mol. The highest BCUT2D eigenvalue weighted by atomic mass is 16.3. The Morgan fingerprint density at radius 2 is 0.642 bits per heavy atom. The van der Waals surface area contributed by atoms with Gasteiger partial charge >= 0.3 is 0 Å². The van der Waals surface area contributed by atoms with Crippen LogP contribution in [0.3, 0.4) is 0 Å². The number of unbranched alkanes of at least 4 members (excludes halogenated alkanes) is 36. The second kappa shape index (κ2) is 44.1. The lowest BCUT2D eigenvalue weighted by Crippen LogP contribution is -2.46. The molecule has 53 heavy (non-hydrogen) atoms. The molecule has 3 atom stereocenters. The number of rotatable bonds is 45. The topological polar surface area (TPSA) is 89.8 Å². The summed E-state index contributed by atoms with van der Waals surface area (Å²) in [5.41, 5.74) is 0. The van der Waals surface area contributed by atoms with Gasteiger partial charge in [-0.3, -0.25) is 4.79 Å². The van der Waals surface area contributed by atoms with E-state index in [1.165, 1.54) is 218 Å². The van der Waals surface area contributed by atoms with Gasteiger partial charge in [0.15, 0.2) is 0 Å². The van der Waals surface area contributed by atoms with Crippen LogP contribution >= 0.6 is 0 Å². The van der Waals surface area contributed by atoms with Gasteiger partial charge in [-0.2, -0.15) is 0 Å². The Hall–Kier alpha value is -0.650. The third kappa shape index (κ3) is 40.8. The van der Waals surface area contributed by atoms with E-state index >= 15 is 0 Å². The summed E-state index contributed by atoms with van der Waals surface area (Å²) in [6.07, 6.45) is 50.8. The summed E-state index contributed by atoms with van der Waals surface area (Å²) in [4.78, 5) is 12.5. The fraction of sp³-hybridized carbons (Fsp3) is 0.979. The van der Waals surface area contributed by atoms with E-state index < -0.39 is 18.2 Å². The largest absolute Gasteiger partial charge is 0.394 e. The van der Waals surface area contributed by atoms with Crippen LogP contribution in [0.5, 0.6) is 0 Å². The molecule has 1 amide bonds. The number of aliphatic hydroxyl groups is 3. The minimum atomic E-state index is -0.744. The number of carbonyl (C=O) groups is 1. The normalized spacial score (nSPS) is 13.4. The first-order valence-corrected chi connectivity index (χ1v) is 24.3. The van der Waals surface area contributed by atoms with Gasteiger partial charge in [-0.05, 0) is 12.8 Å². The molecule has 0 spiro atoms. The molecule has 0 heterocycles. The van der Waals surface area contributed by atoms with Crippen molar-refractivity contribution in [3.8, 4) is 0 Å². The van der Waals surface area contributed by atoms with E-state index in [2.05, 4.69) is 19.2 Å². The lowest BCUT2D eigenvalue weighted by Gasteiger charge is -2.23. The van der Waals surface area contributed by atoms with Gasteiger partial charge in [0.1, 0.15) is 0 Å². The maximum atomic E-state index is 12.5. The molecule has 0 bridgehead atoms. The Labute approximate surface area is 332 Å². The molecular formula is C48H97NO4. The molecule has 0 aliphatic rings. The number of hydrogen-bond acceptors (Lipinski definition) is 4. The molecule has 0 aromatic carbocycles. The molecule has 0 aromatic heterocycles. The summed E-state index contributed by atoms with van der Waals surface area (Å²) < 4.78 is 0. The summed E-state index contributed by atoms with van der Waals surface area (Å²) in [5.74, 6) is -0.276. The van der Waals surface area contributed by atoms with Crippen molar-refractivity contribution in [2.45, 2.75) is 295 Å². The average Bonchev–Trinajstić information content (AvgIpc) is 3.15. The number of amides is 1. The molecule has 0 fully saturated rings. The van der Waals surface area contributed by atoms with Gasteiger partial charge in [0.2, 0.25) is 5.91 Å². The number of aliphatic hydroxyl groups excluding tert-OH is 3. The van der Waals surface area contributed by atoms with Crippen LogP contribution in [-0.2, 0) is 4.79 Å². The highest BCUT2D eigenvalue weighted by Gasteiger charge is 2.21. The minimum absolute atomic E-state index is 0.0432. The molecule has 3 unspecified atom stereocenters. The third-order valence-corrected chi connectivity index (χ3v) is 11.7. The molecule has 0 aliphatic carbocycles. The van der Waals surface area contributed by atoms with Crippen LogP contribution in [0.15, 0.2) is 0 Å². The zero-order valence-corrected chi connectivity index (χ0v) is 36.2. The van der Waals surface area contributed by atoms with Crippen LogP contribution in [0.1, 0.15) is 277 Å². The molecule has 0 saturated heterocycles. The molecule has 318 valence electrons. The van der Waals surface area contributed by atoms with Crippen LogP contribution in [-0.4, -0.2) is 46.1 Å². The van der Waals surface area contributed by atoms with Gasteiger partial charge in [0.25, 0.3) is 0 Å². The standard InChI is InChI=1S/C48H97NO4/c1-3-5-7-9-11-13-15-17-19-21-23-24-25-27-29-31-33-35-37-39-41-45(51)43-48(53)49-46(44-50)47(52)42-40-38-36-34-32-30-28-26-22-20-18-16-14-12-10-8-6-4-2/h45-47,50-52H,3-44H2,1-2H3,(H,49,53). The first-order valence-electron chi connectivity index (χ1n) is 24.3. The third-order valence-electron chi connectivity index (χ3n) is 11.7. The zero-order valence-electron chi connectivity index (χ0n) is 36.2. The fourth-order valence-corrected chi connectivity index (χ4v) is 7.94. The second-order valence-corrected chi connectivity index (χ2v) is 17.1. The van der Waals surface area contributed by atoms with Crippen LogP contribution in [0.2, 0.25) is 0 Å². The Morgan fingerprint density at radius 3 is 0.906 bits per heavy atom. The van der Waals surface area contributed by atoms with Gasteiger partial charge in [-0.25, -0.2) is 0 Å². The molecule has 0 saturated carbocycles. The highest BCUT2D eigenvalue weighted by Crippen LogP contribution is 2.18. The van der Waals surface area contributed by atoms with Crippen molar-refractivity contribution in [3.05, 3.63) is 0 Å². The smallest absolute Gasteiger partial charge is 0.222 e. The quantitative estimate of drug-likeness (QED) is 0.0466. The van der Waals surface area contributed by atoms with Gasteiger partial charge < -0.3 is 20.6 Å². The summed E-state index contributed by atoms with van der Waals surface area (Å²) in [7, 11) is 0. The number of hydrogen-bond donors (Lipinski definition) is 4. The SMILES string of the molecule is CCCCCCCCCCCCCCCCCCCCCCC(O)CC(=O)NC(CO)C(O)CCCCCCCCCCCCCCCCCCCC. The van der Waals surface area contributed by atoms with Crippen molar-refractivity contribution in [3.63, 3.8) is 0 Å². The Balaban J connectivity index is 3.54. The predicted octanol–water partition coefficient (Wildman–Crippen LogP) is 14.2. The summed E-state index contributed by atoms with van der Waals surface area (Å²) in [5, 5.41) is 33.5. The summed E-state index contributed by atoms with van der Waals surface area (Å²) in [6, 6.07) is -0.653. The van der Waals surface area contributed by atoms with Crippen molar-refractivity contribution in [2.24, 2.45) is 0 Å². The molecular weight excluding hydrogens is 655 g/mol. The minimum Gasteiger partial charge on any atom is -0.394 e. The van der Waals surface area contributed by atoms with E-state index in [-0.39, 0.29) is 18.9 Å². The molecule has 5 nitrogen and oxygen atoms in total. The van der Waals surface area contributed by atoms with Gasteiger partial charge in [0, 0.05) is 0 Å². The molecule has 0 rings (SSSR count). The fourth-order valence-electron chi connectivity index (χ4n) is 7.94. The Kier molecular flexibility index (Phi) is 43.5. The van der Waals surface area contributed by atoms with Crippen molar-refractivity contribution < 1.29 is 20.1 Å². The van der Waals surface area contributed by atoms with E-state index in [0.717, 1.165) is 25.7 Å². The van der Waals surface area contributed by atoms with E-state index in [0.29, 0.717) is 12.8 Å². The first-order chi connectivity index (χ1) is 26.0. The molecule has 0 radical (unpaired) electrons. The van der Waals surface area contributed by atoms with E-state index in [9.17, 15) is 20.1 Å². The van der Waals surface area contributed by atoms with Crippen molar-refractivity contribution in [1.29, 1.82) is 0 Å². The second-order valence-electron chi connectivity index (χ2n) is 17.1. The first kappa shape index (κ1) is 52.3. The lowest BCUT2D eigenvalue weighted by atomic mass is 10.0. The van der Waals surface area contributed by atoms with E-state index in [1.807, 2.05) is 0 Å². The molecule has 5 heteroatoms. The van der Waals surface area contributed by atoms with E-state index in [4.69, 9.17) is 0 Å². The molecule has 0 aliphatic heterocycles. The lowest BCUT2D eigenvalue weighted by molar-refractivity contribution is -0.125. The number of carbonyl (C=O) groups excluding carboxylic acids is 1. The van der Waals surface area contributed by atoms with E-state index in [1.54, 1.807) is 0 Å². The average molecular weight is 752 g/mol. The Bertz CT molecular complexity index is 703. The van der Waals surface area contributed by atoms with Gasteiger partial charge in [0.05, 0.1) is 31.3 Å². The monoisotopic (exact) mass is 752 g/mol. The Morgan fingerprint density at radius 1 is 0.396 bits per heavy atom. The van der Waals surface area contributed by atoms with Crippen molar-refractivity contribution in [1.82, 2.24) is 5.32 Å². The number of nitrogens with one attached hydrogen (secondary N) is 1. The maximum Gasteiger partial charge on any atom is 0.222 e. The van der Waals surface area contributed by atoms with Crippen molar-refractivity contribution in [2.75, 3.05) is 6.61 Å². The van der Waals surface area contributed by atoms with Gasteiger partial charge in [-0.1, -0.05) is 258 Å². The van der Waals surface area contributed by atoms with Crippen LogP contribution < -0.4 is 5.32 Å². The van der Waals surface area contributed by atoms with Crippen molar-refractivity contribution >= 4 is 5.91 Å².